The molecule has 1 amide bonds. The largest absolute Gasteiger partial charge is 0.497 e. The Kier molecular flexibility index (Phi) is 5.76. The Balaban J connectivity index is 1.37. The van der Waals surface area contributed by atoms with Crippen LogP contribution in [0.4, 0.5) is 11.4 Å². The lowest BCUT2D eigenvalue weighted by Gasteiger charge is -2.28. The van der Waals surface area contributed by atoms with Gasteiger partial charge in [-0.05, 0) is 42.0 Å². The molecule has 4 rings (SSSR count). The fourth-order valence-corrected chi connectivity index (χ4v) is 3.32. The Labute approximate surface area is 169 Å². The van der Waals surface area contributed by atoms with Crippen molar-refractivity contribution in [3.63, 3.8) is 0 Å². The Morgan fingerprint density at radius 2 is 1.97 bits per heavy atom. The molecule has 0 aliphatic carbocycles. The maximum Gasteiger partial charge on any atom is 0.255 e. The van der Waals surface area contributed by atoms with Gasteiger partial charge in [0.2, 0.25) is 0 Å². The van der Waals surface area contributed by atoms with Crippen LogP contribution in [-0.2, 0) is 11.3 Å². The van der Waals surface area contributed by atoms with Crippen LogP contribution in [0.25, 0.3) is 0 Å². The number of morpholine rings is 1. The van der Waals surface area contributed by atoms with Gasteiger partial charge in [0.25, 0.3) is 5.91 Å². The van der Waals surface area contributed by atoms with E-state index in [4.69, 9.17) is 9.47 Å². The number of carbonyl (C=O) groups is 1. The van der Waals surface area contributed by atoms with Crippen LogP contribution in [0.2, 0.25) is 0 Å². The predicted octanol–water partition coefficient (Wildman–Crippen LogP) is 3.03. The first-order valence-corrected chi connectivity index (χ1v) is 9.61. The molecular weight excluding hydrogens is 368 g/mol. The number of amides is 1. The molecule has 150 valence electrons. The molecule has 0 bridgehead atoms. The molecule has 1 fully saturated rings. The topological polar surface area (TPSA) is 68.6 Å². The van der Waals surface area contributed by atoms with Crippen LogP contribution in [0.3, 0.4) is 0 Å². The number of carbonyl (C=O) groups excluding carboxylic acids is 1. The summed E-state index contributed by atoms with van der Waals surface area (Å²) in [5.74, 6) is 0.656. The first kappa shape index (κ1) is 19.0. The highest BCUT2D eigenvalue weighted by Gasteiger charge is 2.13. The smallest absolute Gasteiger partial charge is 0.255 e. The van der Waals surface area contributed by atoms with Crippen molar-refractivity contribution in [3.05, 3.63) is 72.1 Å². The third-order valence-electron chi connectivity index (χ3n) is 4.88. The number of hydrogen-bond donors (Lipinski definition) is 1. The number of rotatable bonds is 6. The number of ether oxygens (including phenoxy) is 2. The van der Waals surface area contributed by atoms with Crippen molar-refractivity contribution in [3.8, 4) is 5.75 Å². The summed E-state index contributed by atoms with van der Waals surface area (Å²) in [6.07, 6.45) is 3.47. The normalized spacial score (nSPS) is 13.9. The van der Waals surface area contributed by atoms with E-state index in [0.717, 1.165) is 43.3 Å². The zero-order chi connectivity index (χ0) is 20.1. The van der Waals surface area contributed by atoms with Crippen molar-refractivity contribution in [2.75, 3.05) is 43.6 Å². The molecule has 1 aliphatic rings. The highest BCUT2D eigenvalue weighted by molar-refractivity contribution is 6.04. The van der Waals surface area contributed by atoms with Gasteiger partial charge in [-0.25, -0.2) is 0 Å². The van der Waals surface area contributed by atoms with Gasteiger partial charge in [-0.2, -0.15) is 5.10 Å². The van der Waals surface area contributed by atoms with Crippen LogP contribution in [0, 0.1) is 0 Å². The van der Waals surface area contributed by atoms with Crippen molar-refractivity contribution < 1.29 is 14.3 Å². The summed E-state index contributed by atoms with van der Waals surface area (Å²) in [4.78, 5) is 14.8. The molecule has 2 aromatic carbocycles. The van der Waals surface area contributed by atoms with E-state index in [1.807, 2.05) is 54.7 Å². The summed E-state index contributed by atoms with van der Waals surface area (Å²) >= 11 is 0. The lowest BCUT2D eigenvalue weighted by Crippen LogP contribution is -2.36. The van der Waals surface area contributed by atoms with Gasteiger partial charge < -0.3 is 19.7 Å². The second-order valence-electron chi connectivity index (χ2n) is 6.88. The second kappa shape index (κ2) is 8.79. The maximum absolute atomic E-state index is 12.6. The van der Waals surface area contributed by atoms with Crippen molar-refractivity contribution >= 4 is 17.3 Å². The number of anilines is 2. The van der Waals surface area contributed by atoms with Crippen molar-refractivity contribution in [2.24, 2.45) is 0 Å². The molecule has 0 spiro atoms. The molecule has 0 atom stereocenters. The van der Waals surface area contributed by atoms with Gasteiger partial charge in [0.15, 0.2) is 0 Å². The quantitative estimate of drug-likeness (QED) is 0.698. The molecule has 7 nitrogen and oxygen atoms in total. The summed E-state index contributed by atoms with van der Waals surface area (Å²) in [6, 6.07) is 15.5. The zero-order valence-electron chi connectivity index (χ0n) is 16.4. The molecule has 2 heterocycles. The third-order valence-corrected chi connectivity index (χ3v) is 4.88. The Hall–Kier alpha value is -3.32. The van der Waals surface area contributed by atoms with Crippen LogP contribution in [-0.4, -0.2) is 49.1 Å². The van der Waals surface area contributed by atoms with Gasteiger partial charge in [-0.1, -0.05) is 12.1 Å². The van der Waals surface area contributed by atoms with E-state index in [9.17, 15) is 4.79 Å². The van der Waals surface area contributed by atoms with Gasteiger partial charge >= 0.3 is 0 Å². The number of benzene rings is 2. The highest BCUT2D eigenvalue weighted by atomic mass is 16.5. The van der Waals surface area contributed by atoms with Crippen LogP contribution in [0.5, 0.6) is 5.75 Å². The standard InChI is InChI=1S/C22H24N4O3/c1-28-21-4-2-3-17(13-21)15-26-16-19(14-23-26)24-22(27)18-5-7-20(8-6-18)25-9-11-29-12-10-25/h2-8,13-14,16H,9-12,15H2,1H3,(H,24,27). The monoisotopic (exact) mass is 392 g/mol. The van der Waals surface area contributed by atoms with Gasteiger partial charge in [-0.3, -0.25) is 9.48 Å². The van der Waals surface area contributed by atoms with E-state index in [1.54, 1.807) is 18.0 Å². The average Bonchev–Trinajstić information content (AvgIpc) is 3.21. The summed E-state index contributed by atoms with van der Waals surface area (Å²) < 4.78 is 12.4. The molecule has 1 saturated heterocycles. The Bertz CT molecular complexity index is 962. The minimum Gasteiger partial charge on any atom is -0.497 e. The summed E-state index contributed by atoms with van der Waals surface area (Å²) in [5, 5.41) is 7.24. The molecule has 29 heavy (non-hydrogen) atoms. The van der Waals surface area contributed by atoms with E-state index in [0.29, 0.717) is 17.8 Å². The number of nitrogens with zero attached hydrogens (tertiary/aromatic N) is 3. The number of hydrogen-bond acceptors (Lipinski definition) is 5. The van der Waals surface area contributed by atoms with Crippen LogP contribution in [0.1, 0.15) is 15.9 Å². The van der Waals surface area contributed by atoms with Crippen LogP contribution < -0.4 is 15.0 Å². The van der Waals surface area contributed by atoms with Crippen molar-refractivity contribution in [1.82, 2.24) is 9.78 Å². The van der Waals surface area contributed by atoms with Gasteiger partial charge in [0.1, 0.15) is 5.75 Å². The summed E-state index contributed by atoms with van der Waals surface area (Å²) in [7, 11) is 1.65. The minimum atomic E-state index is -0.153. The van der Waals surface area contributed by atoms with Crippen molar-refractivity contribution in [2.45, 2.75) is 6.54 Å². The number of methoxy groups -OCH3 is 1. The molecule has 3 aromatic rings. The fourth-order valence-electron chi connectivity index (χ4n) is 3.32. The molecule has 1 aliphatic heterocycles. The first-order valence-electron chi connectivity index (χ1n) is 9.61. The van der Waals surface area contributed by atoms with E-state index < -0.39 is 0 Å². The van der Waals surface area contributed by atoms with E-state index in [1.165, 1.54) is 0 Å². The first-order chi connectivity index (χ1) is 14.2. The highest BCUT2D eigenvalue weighted by Crippen LogP contribution is 2.18. The SMILES string of the molecule is COc1cccc(Cn2cc(NC(=O)c3ccc(N4CCOCC4)cc3)cn2)c1. The Morgan fingerprint density at radius 1 is 1.17 bits per heavy atom. The zero-order valence-corrected chi connectivity index (χ0v) is 16.4. The van der Waals surface area contributed by atoms with Gasteiger partial charge in [0, 0.05) is 30.5 Å². The fraction of sp³-hybridized carbons (Fsp3) is 0.273. The molecule has 0 saturated carbocycles. The lowest BCUT2D eigenvalue weighted by molar-refractivity contribution is 0.102. The maximum atomic E-state index is 12.6. The van der Waals surface area contributed by atoms with Gasteiger partial charge in [-0.15, -0.1) is 0 Å². The average molecular weight is 392 g/mol. The summed E-state index contributed by atoms with van der Waals surface area (Å²) in [5.41, 5.74) is 3.46. The molecular formula is C22H24N4O3. The van der Waals surface area contributed by atoms with Crippen molar-refractivity contribution in [1.29, 1.82) is 0 Å². The number of aromatic nitrogens is 2. The third kappa shape index (κ3) is 4.75. The van der Waals surface area contributed by atoms with Crippen LogP contribution >= 0.6 is 0 Å². The van der Waals surface area contributed by atoms with Gasteiger partial charge in [0.05, 0.1) is 38.8 Å². The lowest BCUT2D eigenvalue weighted by atomic mass is 10.1. The Morgan fingerprint density at radius 3 is 2.72 bits per heavy atom. The predicted molar refractivity (Wildman–Crippen MR) is 112 cm³/mol. The van der Waals surface area contributed by atoms with Crippen LogP contribution in [0.15, 0.2) is 60.9 Å². The van der Waals surface area contributed by atoms with E-state index in [2.05, 4.69) is 15.3 Å². The molecule has 1 N–H and O–H groups in total. The summed E-state index contributed by atoms with van der Waals surface area (Å²) in [6.45, 7) is 3.82. The molecule has 1 aromatic heterocycles. The second-order valence-corrected chi connectivity index (χ2v) is 6.88. The molecule has 0 unspecified atom stereocenters. The minimum absolute atomic E-state index is 0.153. The molecule has 7 heteroatoms. The van der Waals surface area contributed by atoms with E-state index in [-0.39, 0.29) is 5.91 Å². The number of nitrogens with one attached hydrogen (secondary N) is 1. The van der Waals surface area contributed by atoms with E-state index >= 15 is 0 Å². The molecule has 0 radical (unpaired) electrons.